The van der Waals surface area contributed by atoms with Crippen LogP contribution in [-0.4, -0.2) is 52.5 Å². The van der Waals surface area contributed by atoms with E-state index in [9.17, 15) is 13.6 Å². The fourth-order valence-electron chi connectivity index (χ4n) is 4.67. The maximum absolute atomic E-state index is 14.3. The van der Waals surface area contributed by atoms with E-state index in [-0.39, 0.29) is 35.7 Å². The molecule has 4 rings (SSSR count). The van der Waals surface area contributed by atoms with Gasteiger partial charge in [-0.3, -0.25) is 0 Å². The average molecular weight is 491 g/mol. The van der Waals surface area contributed by atoms with E-state index in [4.69, 9.17) is 4.74 Å². The van der Waals surface area contributed by atoms with Gasteiger partial charge in [-0.25, -0.2) is 13.6 Å². The second-order valence-corrected chi connectivity index (χ2v) is 11.2. The molecule has 1 aliphatic heterocycles. The van der Waals surface area contributed by atoms with Crippen molar-refractivity contribution >= 4 is 11.7 Å². The van der Waals surface area contributed by atoms with Crippen molar-refractivity contribution in [2.24, 2.45) is 5.92 Å². The SMILES string of the molecule is CC(C)(C)OC(=O)N1CCNCC1C1CCCc2cc(C3=C(F)CCC=C3F)nnc21.CC(C)C. The van der Waals surface area contributed by atoms with Gasteiger partial charge in [0.2, 0.25) is 0 Å². The Kier molecular flexibility index (Phi) is 9.02. The molecular weight excluding hydrogens is 450 g/mol. The summed E-state index contributed by atoms with van der Waals surface area (Å²) in [7, 11) is 0. The monoisotopic (exact) mass is 490 g/mol. The predicted octanol–water partition coefficient (Wildman–Crippen LogP) is 6.10. The molecule has 194 valence electrons. The lowest BCUT2D eigenvalue weighted by molar-refractivity contribution is 0.00784. The molecule has 1 N–H and O–H groups in total. The van der Waals surface area contributed by atoms with Crippen LogP contribution in [0.1, 0.15) is 90.1 Å². The molecule has 0 spiro atoms. The van der Waals surface area contributed by atoms with Gasteiger partial charge in [0.1, 0.15) is 17.3 Å². The van der Waals surface area contributed by atoms with Gasteiger partial charge in [-0.05, 0) is 70.1 Å². The molecule has 1 saturated heterocycles. The van der Waals surface area contributed by atoms with Gasteiger partial charge in [-0.15, -0.1) is 0 Å². The Morgan fingerprint density at radius 1 is 1.20 bits per heavy atom. The van der Waals surface area contributed by atoms with Crippen molar-refractivity contribution in [2.45, 2.75) is 91.2 Å². The van der Waals surface area contributed by atoms with Crippen LogP contribution in [0.2, 0.25) is 0 Å². The van der Waals surface area contributed by atoms with Crippen LogP contribution in [0.25, 0.3) is 5.57 Å². The minimum Gasteiger partial charge on any atom is -0.444 e. The van der Waals surface area contributed by atoms with E-state index in [1.165, 1.54) is 6.08 Å². The first-order valence-electron chi connectivity index (χ1n) is 12.8. The highest BCUT2D eigenvalue weighted by atomic mass is 19.1. The van der Waals surface area contributed by atoms with Gasteiger partial charge in [0, 0.05) is 32.0 Å². The van der Waals surface area contributed by atoms with Crippen LogP contribution in [0.4, 0.5) is 13.6 Å². The lowest BCUT2D eigenvalue weighted by Gasteiger charge is -2.42. The molecule has 1 fully saturated rings. The van der Waals surface area contributed by atoms with Crippen molar-refractivity contribution in [3.63, 3.8) is 0 Å². The zero-order valence-corrected chi connectivity index (χ0v) is 22.0. The van der Waals surface area contributed by atoms with Crippen LogP contribution >= 0.6 is 0 Å². The number of carbonyl (C=O) groups excluding carboxylic acids is 1. The van der Waals surface area contributed by atoms with Crippen LogP contribution in [0, 0.1) is 5.92 Å². The highest BCUT2D eigenvalue weighted by molar-refractivity contribution is 5.77. The van der Waals surface area contributed by atoms with Gasteiger partial charge >= 0.3 is 6.09 Å². The molecule has 2 unspecified atom stereocenters. The normalized spacial score (nSPS) is 22.8. The third kappa shape index (κ3) is 7.09. The van der Waals surface area contributed by atoms with E-state index in [1.54, 1.807) is 11.0 Å². The number of nitrogens with one attached hydrogen (secondary N) is 1. The molecule has 35 heavy (non-hydrogen) atoms. The topological polar surface area (TPSA) is 67.3 Å². The highest BCUT2D eigenvalue weighted by Crippen LogP contribution is 2.38. The predicted molar refractivity (Wildman–Crippen MR) is 134 cm³/mol. The molecule has 0 radical (unpaired) electrons. The summed E-state index contributed by atoms with van der Waals surface area (Å²) in [5.41, 5.74) is 1.38. The number of hydrogen-bond donors (Lipinski definition) is 1. The zero-order chi connectivity index (χ0) is 25.8. The van der Waals surface area contributed by atoms with Crippen molar-refractivity contribution in [3.05, 3.63) is 40.7 Å². The number of amides is 1. The Hall–Kier alpha value is -2.35. The molecule has 0 bridgehead atoms. The number of allylic oxidation sites excluding steroid dienone is 4. The molecule has 6 nitrogen and oxygen atoms in total. The van der Waals surface area contributed by atoms with E-state index in [2.05, 4.69) is 36.3 Å². The Labute approximate surface area is 208 Å². The van der Waals surface area contributed by atoms with Crippen molar-refractivity contribution < 1.29 is 18.3 Å². The molecular formula is C27H40F2N4O2. The molecule has 1 aromatic heterocycles. The Balaban J connectivity index is 0.000000795. The second-order valence-electron chi connectivity index (χ2n) is 11.2. The molecule has 0 saturated carbocycles. The number of aryl methyl sites for hydroxylation is 1. The summed E-state index contributed by atoms with van der Waals surface area (Å²) in [6.45, 7) is 14.0. The molecule has 2 aliphatic carbocycles. The summed E-state index contributed by atoms with van der Waals surface area (Å²) < 4.78 is 34.2. The van der Waals surface area contributed by atoms with Crippen LogP contribution in [0.3, 0.4) is 0 Å². The lowest BCUT2D eigenvalue weighted by atomic mass is 9.80. The first kappa shape index (κ1) is 27.2. The maximum atomic E-state index is 14.3. The number of aromatic nitrogens is 2. The zero-order valence-electron chi connectivity index (χ0n) is 22.0. The first-order chi connectivity index (χ1) is 16.5. The highest BCUT2D eigenvalue weighted by Gasteiger charge is 2.39. The number of nitrogens with zero attached hydrogens (tertiary/aromatic N) is 3. The van der Waals surface area contributed by atoms with Crippen molar-refractivity contribution in [1.29, 1.82) is 0 Å². The molecule has 2 heterocycles. The fourth-order valence-corrected chi connectivity index (χ4v) is 4.67. The summed E-state index contributed by atoms with van der Waals surface area (Å²) in [5.74, 6) is -0.219. The quantitative estimate of drug-likeness (QED) is 0.543. The number of ether oxygens (including phenoxy) is 1. The summed E-state index contributed by atoms with van der Waals surface area (Å²) in [4.78, 5) is 14.7. The van der Waals surface area contributed by atoms with Gasteiger partial charge in [-0.2, -0.15) is 10.2 Å². The minimum atomic E-state index is -0.571. The minimum absolute atomic E-state index is 0.00353. The Morgan fingerprint density at radius 3 is 2.57 bits per heavy atom. The lowest BCUT2D eigenvalue weighted by Crippen LogP contribution is -2.57. The van der Waals surface area contributed by atoms with E-state index in [1.807, 2.05) is 20.8 Å². The van der Waals surface area contributed by atoms with E-state index in [0.29, 0.717) is 26.1 Å². The molecule has 2 atom stereocenters. The molecule has 8 heteroatoms. The van der Waals surface area contributed by atoms with Gasteiger partial charge < -0.3 is 15.0 Å². The van der Waals surface area contributed by atoms with Crippen molar-refractivity contribution in [2.75, 3.05) is 19.6 Å². The summed E-state index contributed by atoms with van der Waals surface area (Å²) in [5, 5.41) is 12.0. The summed E-state index contributed by atoms with van der Waals surface area (Å²) in [6.07, 6.45) is 4.19. The smallest absolute Gasteiger partial charge is 0.410 e. The number of fused-ring (bicyclic) bond motifs is 1. The number of carbonyl (C=O) groups is 1. The average Bonchev–Trinajstić information content (AvgIpc) is 2.77. The van der Waals surface area contributed by atoms with Crippen molar-refractivity contribution in [1.82, 2.24) is 20.4 Å². The summed E-state index contributed by atoms with van der Waals surface area (Å²) in [6, 6.07) is 1.67. The third-order valence-electron chi connectivity index (χ3n) is 6.05. The number of rotatable bonds is 2. The molecule has 1 amide bonds. The van der Waals surface area contributed by atoms with E-state index < -0.39 is 17.3 Å². The summed E-state index contributed by atoms with van der Waals surface area (Å²) >= 11 is 0. The van der Waals surface area contributed by atoms with Crippen molar-refractivity contribution in [3.8, 4) is 0 Å². The molecule has 1 aromatic rings. The molecule has 3 aliphatic rings. The van der Waals surface area contributed by atoms with Gasteiger partial charge in [0.05, 0.1) is 23.0 Å². The Morgan fingerprint density at radius 2 is 1.91 bits per heavy atom. The van der Waals surface area contributed by atoms with Gasteiger partial charge in [0.25, 0.3) is 0 Å². The maximum Gasteiger partial charge on any atom is 0.410 e. The third-order valence-corrected chi connectivity index (χ3v) is 6.05. The fraction of sp³-hybridized carbons (Fsp3) is 0.667. The van der Waals surface area contributed by atoms with Crippen LogP contribution in [0.5, 0.6) is 0 Å². The number of hydrogen-bond acceptors (Lipinski definition) is 5. The van der Waals surface area contributed by atoms with E-state index >= 15 is 0 Å². The number of halogens is 2. The number of piperazine rings is 1. The molecule has 0 aromatic carbocycles. The Bertz CT molecular complexity index is 966. The standard InChI is InChI=1S/C23H30F2N4O2.C4H10/c1-23(2,3)31-22(30)29-11-10-26-13-19(29)15-7-4-6-14-12-18(27-28-21(14)15)20-16(24)8-5-9-17(20)25;1-4(2)3/h8,12,15,19,26H,4-7,9-11,13H2,1-3H3;4H,1-3H3. The van der Waals surface area contributed by atoms with Crippen LogP contribution in [-0.2, 0) is 11.2 Å². The largest absolute Gasteiger partial charge is 0.444 e. The van der Waals surface area contributed by atoms with Crippen LogP contribution in [0.15, 0.2) is 23.8 Å². The second kappa shape index (κ2) is 11.6. The van der Waals surface area contributed by atoms with Crippen LogP contribution < -0.4 is 5.32 Å². The first-order valence-corrected chi connectivity index (χ1v) is 12.8. The van der Waals surface area contributed by atoms with Gasteiger partial charge in [-0.1, -0.05) is 20.8 Å². The van der Waals surface area contributed by atoms with Gasteiger partial charge in [0.15, 0.2) is 0 Å². The van der Waals surface area contributed by atoms with E-state index in [0.717, 1.165) is 36.4 Å².